The Morgan fingerprint density at radius 2 is 1.96 bits per heavy atom. The molecule has 1 rings (SSSR count). The molecular formula is C20H36N4O2. The van der Waals surface area contributed by atoms with Gasteiger partial charge in [0.25, 0.3) is 0 Å². The van der Waals surface area contributed by atoms with E-state index in [0.717, 1.165) is 50.9 Å². The van der Waals surface area contributed by atoms with Gasteiger partial charge in [-0.25, -0.2) is 0 Å². The van der Waals surface area contributed by atoms with Crippen LogP contribution in [0.2, 0.25) is 0 Å². The number of methoxy groups -OCH3 is 1. The molecule has 1 unspecified atom stereocenters. The van der Waals surface area contributed by atoms with Crippen molar-refractivity contribution in [3.8, 4) is 5.75 Å². The molecular weight excluding hydrogens is 328 g/mol. The van der Waals surface area contributed by atoms with Gasteiger partial charge < -0.3 is 25.0 Å². The Bertz CT molecular complexity index is 520. The first-order chi connectivity index (χ1) is 12.6. The second-order valence-corrected chi connectivity index (χ2v) is 6.46. The van der Waals surface area contributed by atoms with E-state index >= 15 is 0 Å². The van der Waals surface area contributed by atoms with Gasteiger partial charge in [0.05, 0.1) is 13.2 Å². The van der Waals surface area contributed by atoms with Gasteiger partial charge in [0.15, 0.2) is 5.96 Å². The highest BCUT2D eigenvalue weighted by Crippen LogP contribution is 2.21. The van der Waals surface area contributed by atoms with Crippen LogP contribution in [0.3, 0.4) is 0 Å². The van der Waals surface area contributed by atoms with Gasteiger partial charge in [0, 0.05) is 33.4 Å². The maximum absolute atomic E-state index is 5.58. The van der Waals surface area contributed by atoms with E-state index in [2.05, 4.69) is 53.7 Å². The van der Waals surface area contributed by atoms with E-state index < -0.39 is 0 Å². The molecule has 0 radical (unpaired) electrons. The lowest BCUT2D eigenvalue weighted by Gasteiger charge is -2.26. The first-order valence-electron chi connectivity index (χ1n) is 9.45. The number of guanidine groups is 1. The molecule has 0 aromatic heterocycles. The normalized spacial score (nSPS) is 12.9. The highest BCUT2D eigenvalue weighted by Gasteiger charge is 2.15. The summed E-state index contributed by atoms with van der Waals surface area (Å²) in [6, 6.07) is 8.42. The fourth-order valence-electron chi connectivity index (χ4n) is 2.59. The lowest BCUT2D eigenvalue weighted by atomic mass is 10.1. The lowest BCUT2D eigenvalue weighted by Crippen LogP contribution is -2.42. The van der Waals surface area contributed by atoms with E-state index in [1.54, 1.807) is 14.2 Å². The van der Waals surface area contributed by atoms with Crippen molar-refractivity contribution in [2.24, 2.45) is 4.99 Å². The minimum atomic E-state index is 0.223. The molecule has 148 valence electrons. The predicted molar refractivity (Wildman–Crippen MR) is 109 cm³/mol. The van der Waals surface area contributed by atoms with Crippen LogP contribution in [0.1, 0.15) is 37.8 Å². The van der Waals surface area contributed by atoms with Crippen LogP contribution in [0.25, 0.3) is 0 Å². The van der Waals surface area contributed by atoms with Gasteiger partial charge in [-0.1, -0.05) is 25.5 Å². The first kappa shape index (κ1) is 22.3. The number of hydrogen-bond acceptors (Lipinski definition) is 4. The monoisotopic (exact) mass is 364 g/mol. The van der Waals surface area contributed by atoms with Crippen molar-refractivity contribution >= 4 is 5.96 Å². The number of hydrogen-bond donors (Lipinski definition) is 2. The molecule has 0 amide bonds. The van der Waals surface area contributed by atoms with Crippen molar-refractivity contribution in [2.45, 2.75) is 32.2 Å². The lowest BCUT2D eigenvalue weighted by molar-refractivity contribution is 0.129. The van der Waals surface area contributed by atoms with E-state index in [-0.39, 0.29) is 6.04 Å². The van der Waals surface area contributed by atoms with E-state index in [1.807, 2.05) is 12.1 Å². The molecule has 6 heteroatoms. The summed E-state index contributed by atoms with van der Waals surface area (Å²) in [5.41, 5.74) is 1.21. The predicted octanol–water partition coefficient (Wildman–Crippen LogP) is 2.67. The van der Waals surface area contributed by atoms with Gasteiger partial charge in [-0.3, -0.25) is 4.99 Å². The van der Waals surface area contributed by atoms with Crippen molar-refractivity contribution in [2.75, 3.05) is 54.6 Å². The third-order valence-corrected chi connectivity index (χ3v) is 4.19. The van der Waals surface area contributed by atoms with Gasteiger partial charge in [-0.2, -0.15) is 0 Å². The molecule has 6 nitrogen and oxygen atoms in total. The van der Waals surface area contributed by atoms with Crippen molar-refractivity contribution in [3.63, 3.8) is 0 Å². The number of benzene rings is 1. The van der Waals surface area contributed by atoms with Gasteiger partial charge >= 0.3 is 0 Å². The van der Waals surface area contributed by atoms with Crippen LogP contribution in [-0.2, 0) is 4.74 Å². The molecule has 2 N–H and O–H groups in total. The van der Waals surface area contributed by atoms with Crippen molar-refractivity contribution < 1.29 is 9.47 Å². The highest BCUT2D eigenvalue weighted by molar-refractivity contribution is 5.79. The van der Waals surface area contributed by atoms with Crippen LogP contribution < -0.4 is 15.4 Å². The zero-order valence-electron chi connectivity index (χ0n) is 17.0. The maximum Gasteiger partial charge on any atom is 0.191 e. The van der Waals surface area contributed by atoms with Gasteiger partial charge in [-0.05, 0) is 44.6 Å². The second kappa shape index (κ2) is 13.4. The van der Waals surface area contributed by atoms with Crippen LogP contribution in [0, 0.1) is 0 Å². The fraction of sp³-hybridized carbons (Fsp3) is 0.650. The van der Waals surface area contributed by atoms with Crippen molar-refractivity contribution in [1.82, 2.24) is 15.5 Å². The summed E-state index contributed by atoms with van der Waals surface area (Å²) in [6.07, 6.45) is 3.28. The zero-order chi connectivity index (χ0) is 19.2. The number of aliphatic imine (C=N–C) groups is 1. The Kier molecular flexibility index (Phi) is 11.5. The Morgan fingerprint density at radius 1 is 1.19 bits per heavy atom. The smallest absolute Gasteiger partial charge is 0.191 e. The largest absolute Gasteiger partial charge is 0.497 e. The fourth-order valence-corrected chi connectivity index (χ4v) is 2.59. The summed E-state index contributed by atoms with van der Waals surface area (Å²) in [7, 11) is 7.65. The molecule has 0 fully saturated rings. The maximum atomic E-state index is 5.58. The number of likely N-dealkylation sites (N-methyl/N-ethyl adjacent to an activating group) is 1. The molecule has 1 aromatic carbocycles. The Labute approximate surface area is 159 Å². The number of unbranched alkanes of at least 4 members (excludes halogenated alkanes) is 1. The molecule has 0 heterocycles. The molecule has 1 atom stereocenters. The third-order valence-electron chi connectivity index (χ3n) is 4.19. The molecule has 0 saturated carbocycles. The SMILES string of the molecule is CCCCOCCCNC(=NC)NCC(c1cccc(OC)c1)N(C)C. The van der Waals surface area contributed by atoms with E-state index in [0.29, 0.717) is 0 Å². The molecule has 26 heavy (non-hydrogen) atoms. The van der Waals surface area contributed by atoms with Gasteiger partial charge in [0.2, 0.25) is 0 Å². The molecule has 0 saturated heterocycles. The third kappa shape index (κ3) is 8.54. The Morgan fingerprint density at radius 3 is 2.62 bits per heavy atom. The molecule has 1 aromatic rings. The summed E-state index contributed by atoms with van der Waals surface area (Å²) in [5, 5.41) is 6.76. The molecule has 0 aliphatic rings. The van der Waals surface area contributed by atoms with Crippen LogP contribution in [0.4, 0.5) is 0 Å². The summed E-state index contributed by atoms with van der Waals surface area (Å²) >= 11 is 0. The average molecular weight is 365 g/mol. The summed E-state index contributed by atoms with van der Waals surface area (Å²) in [6.45, 7) is 5.42. The van der Waals surface area contributed by atoms with Crippen LogP contribution in [0.15, 0.2) is 29.3 Å². The second-order valence-electron chi connectivity index (χ2n) is 6.46. The van der Waals surface area contributed by atoms with E-state index in [4.69, 9.17) is 9.47 Å². The summed E-state index contributed by atoms with van der Waals surface area (Å²) < 4.78 is 10.9. The van der Waals surface area contributed by atoms with E-state index in [1.165, 1.54) is 12.0 Å². The Hall–Kier alpha value is -1.79. The topological polar surface area (TPSA) is 58.1 Å². The number of ether oxygens (including phenoxy) is 2. The number of nitrogens with one attached hydrogen (secondary N) is 2. The molecule has 0 bridgehead atoms. The number of rotatable bonds is 12. The average Bonchev–Trinajstić information content (AvgIpc) is 2.65. The van der Waals surface area contributed by atoms with Crippen LogP contribution in [0.5, 0.6) is 5.75 Å². The van der Waals surface area contributed by atoms with Gasteiger partial charge in [0.1, 0.15) is 5.75 Å². The molecule has 0 aliphatic carbocycles. The van der Waals surface area contributed by atoms with Crippen LogP contribution in [-0.4, -0.2) is 65.4 Å². The summed E-state index contributed by atoms with van der Waals surface area (Å²) in [4.78, 5) is 6.50. The van der Waals surface area contributed by atoms with Crippen LogP contribution >= 0.6 is 0 Å². The molecule has 0 spiro atoms. The van der Waals surface area contributed by atoms with Gasteiger partial charge in [-0.15, -0.1) is 0 Å². The minimum Gasteiger partial charge on any atom is -0.497 e. The summed E-state index contributed by atoms with van der Waals surface area (Å²) in [5.74, 6) is 1.69. The first-order valence-corrected chi connectivity index (χ1v) is 9.45. The van der Waals surface area contributed by atoms with Crippen molar-refractivity contribution in [3.05, 3.63) is 29.8 Å². The zero-order valence-corrected chi connectivity index (χ0v) is 17.0. The Balaban J connectivity index is 2.43. The van der Waals surface area contributed by atoms with Crippen molar-refractivity contribution in [1.29, 1.82) is 0 Å². The van der Waals surface area contributed by atoms with E-state index in [9.17, 15) is 0 Å². The minimum absolute atomic E-state index is 0.223. The standard InChI is InChI=1S/C20H36N4O2/c1-6-7-13-26-14-9-12-22-20(21-2)23-16-19(24(3)4)17-10-8-11-18(15-17)25-5/h8,10-11,15,19H,6-7,9,12-14,16H2,1-5H3,(H2,21,22,23). The number of nitrogens with zero attached hydrogens (tertiary/aromatic N) is 2. The quantitative estimate of drug-likeness (QED) is 0.339. The molecule has 0 aliphatic heterocycles. The highest BCUT2D eigenvalue weighted by atomic mass is 16.5.